The lowest BCUT2D eigenvalue weighted by atomic mass is 10.1. The van der Waals surface area contributed by atoms with Gasteiger partial charge in [0.2, 0.25) is 0 Å². The van der Waals surface area contributed by atoms with Crippen molar-refractivity contribution in [1.29, 1.82) is 0 Å². The molecule has 0 N–H and O–H groups in total. The minimum absolute atomic E-state index is 0.0390. The predicted octanol–water partition coefficient (Wildman–Crippen LogP) is 3.62. The highest BCUT2D eigenvalue weighted by Crippen LogP contribution is 2.32. The van der Waals surface area contributed by atoms with Crippen LogP contribution in [0.3, 0.4) is 0 Å². The van der Waals surface area contributed by atoms with E-state index in [1.807, 2.05) is 17.7 Å². The Hall–Kier alpha value is -2.90. The summed E-state index contributed by atoms with van der Waals surface area (Å²) < 4.78 is 40.7. The van der Waals surface area contributed by atoms with E-state index in [9.17, 15) is 18.0 Å². The molecule has 1 unspecified atom stereocenters. The molecular formula is C19H17F3N4O. The Bertz CT molecular complexity index is 1010. The highest BCUT2D eigenvalue weighted by molar-refractivity contribution is 5.94. The first-order valence-corrected chi connectivity index (χ1v) is 8.57. The maximum absolute atomic E-state index is 12.9. The fourth-order valence-electron chi connectivity index (χ4n) is 3.59. The number of nitrogens with zero attached hydrogens (tertiary/aromatic N) is 4. The molecule has 1 aromatic carbocycles. The number of alkyl halides is 3. The number of aryl methyl sites for hydroxylation is 1. The molecule has 8 heteroatoms. The smallest absolute Gasteiger partial charge is 0.338 e. The summed E-state index contributed by atoms with van der Waals surface area (Å²) in [6, 6.07) is 6.40. The van der Waals surface area contributed by atoms with E-state index in [0.29, 0.717) is 13.1 Å². The Kier molecular flexibility index (Phi) is 4.13. The van der Waals surface area contributed by atoms with Crippen molar-refractivity contribution in [1.82, 2.24) is 19.4 Å². The second kappa shape index (κ2) is 6.37. The van der Waals surface area contributed by atoms with Crippen molar-refractivity contribution in [2.75, 3.05) is 13.1 Å². The van der Waals surface area contributed by atoms with Crippen molar-refractivity contribution < 1.29 is 18.0 Å². The molecule has 0 saturated carbocycles. The third-order valence-corrected chi connectivity index (χ3v) is 5.00. The van der Waals surface area contributed by atoms with E-state index in [2.05, 4.69) is 9.97 Å². The molecule has 1 saturated heterocycles. The summed E-state index contributed by atoms with van der Waals surface area (Å²) in [5.74, 6) is 0.513. The van der Waals surface area contributed by atoms with Gasteiger partial charge in [0.05, 0.1) is 22.8 Å². The van der Waals surface area contributed by atoms with Gasteiger partial charge in [0.25, 0.3) is 5.91 Å². The molecule has 1 aliphatic rings. The third-order valence-electron chi connectivity index (χ3n) is 5.00. The fraction of sp³-hybridized carbons (Fsp3) is 0.316. The number of imidazole rings is 1. The van der Waals surface area contributed by atoms with Crippen LogP contribution in [0.15, 0.2) is 42.7 Å². The van der Waals surface area contributed by atoms with Gasteiger partial charge in [0, 0.05) is 37.8 Å². The van der Waals surface area contributed by atoms with Crippen molar-refractivity contribution >= 4 is 16.9 Å². The minimum atomic E-state index is -4.47. The topological polar surface area (TPSA) is 51.0 Å². The van der Waals surface area contributed by atoms with Crippen LogP contribution in [0.5, 0.6) is 0 Å². The quantitative estimate of drug-likeness (QED) is 0.689. The Morgan fingerprint density at radius 2 is 2.07 bits per heavy atom. The standard InChI is InChI=1S/C19H17F3N4O/c1-25-16-10-23-7-5-15(16)24-17(25)13-6-8-26(11-13)18(27)12-3-2-4-14(9-12)19(20,21)22/h2-5,7,9-10,13H,6,8,11H2,1H3. The number of hydrogen-bond donors (Lipinski definition) is 0. The molecule has 27 heavy (non-hydrogen) atoms. The highest BCUT2D eigenvalue weighted by Gasteiger charge is 2.33. The zero-order valence-electron chi connectivity index (χ0n) is 14.6. The van der Waals surface area contributed by atoms with Crippen LogP contribution in [-0.4, -0.2) is 38.4 Å². The average molecular weight is 374 g/mol. The Morgan fingerprint density at radius 1 is 1.26 bits per heavy atom. The van der Waals surface area contributed by atoms with Gasteiger partial charge in [-0.05, 0) is 30.7 Å². The molecule has 3 heterocycles. The van der Waals surface area contributed by atoms with Crippen LogP contribution in [0.2, 0.25) is 0 Å². The van der Waals surface area contributed by atoms with Gasteiger partial charge in [-0.15, -0.1) is 0 Å². The van der Waals surface area contributed by atoms with Gasteiger partial charge in [-0.1, -0.05) is 6.07 Å². The molecule has 140 valence electrons. The third kappa shape index (κ3) is 3.15. The van der Waals surface area contributed by atoms with Crippen LogP contribution < -0.4 is 0 Å². The van der Waals surface area contributed by atoms with Gasteiger partial charge in [-0.2, -0.15) is 13.2 Å². The summed E-state index contributed by atoms with van der Waals surface area (Å²) in [4.78, 5) is 23.0. The normalized spacial score (nSPS) is 17.6. The van der Waals surface area contributed by atoms with Crippen LogP contribution in [0.4, 0.5) is 13.2 Å². The monoisotopic (exact) mass is 374 g/mol. The molecule has 3 aromatic rings. The fourth-order valence-corrected chi connectivity index (χ4v) is 3.59. The summed E-state index contributed by atoms with van der Waals surface area (Å²) in [6.45, 7) is 0.918. The number of benzene rings is 1. The number of carbonyl (C=O) groups is 1. The minimum Gasteiger partial charge on any atom is -0.338 e. The van der Waals surface area contributed by atoms with E-state index in [0.717, 1.165) is 35.4 Å². The number of pyridine rings is 1. The summed E-state index contributed by atoms with van der Waals surface area (Å²) in [7, 11) is 1.91. The molecule has 1 aliphatic heterocycles. The number of carbonyl (C=O) groups excluding carboxylic acids is 1. The lowest BCUT2D eigenvalue weighted by Crippen LogP contribution is -2.29. The van der Waals surface area contributed by atoms with Crippen LogP contribution in [0, 0.1) is 0 Å². The van der Waals surface area contributed by atoms with Gasteiger partial charge in [0.1, 0.15) is 5.82 Å². The Labute approximate surface area is 153 Å². The number of halogens is 3. The van der Waals surface area contributed by atoms with Crippen LogP contribution in [-0.2, 0) is 13.2 Å². The number of hydrogen-bond acceptors (Lipinski definition) is 3. The number of rotatable bonds is 2. The molecule has 0 radical (unpaired) electrons. The SMILES string of the molecule is Cn1c(C2CCN(C(=O)c3cccc(C(F)(F)F)c3)C2)nc2ccncc21. The summed E-state index contributed by atoms with van der Waals surface area (Å²) >= 11 is 0. The second-order valence-electron chi connectivity index (χ2n) is 6.71. The number of fused-ring (bicyclic) bond motifs is 1. The van der Waals surface area contributed by atoms with E-state index in [4.69, 9.17) is 0 Å². The first-order chi connectivity index (χ1) is 12.8. The molecule has 1 atom stereocenters. The second-order valence-corrected chi connectivity index (χ2v) is 6.71. The van der Waals surface area contributed by atoms with Crippen LogP contribution >= 0.6 is 0 Å². The lowest BCUT2D eigenvalue weighted by molar-refractivity contribution is -0.137. The molecule has 5 nitrogen and oxygen atoms in total. The first kappa shape index (κ1) is 17.5. The summed E-state index contributed by atoms with van der Waals surface area (Å²) in [6.07, 6.45) is -0.330. The van der Waals surface area contributed by atoms with Crippen molar-refractivity contribution in [3.05, 3.63) is 59.7 Å². The van der Waals surface area contributed by atoms with Gasteiger partial charge in [0.15, 0.2) is 0 Å². The molecule has 1 fully saturated rings. The van der Waals surface area contributed by atoms with E-state index < -0.39 is 11.7 Å². The van der Waals surface area contributed by atoms with Crippen LogP contribution in [0.25, 0.3) is 11.0 Å². The summed E-state index contributed by atoms with van der Waals surface area (Å²) in [5, 5.41) is 0. The Morgan fingerprint density at radius 3 is 2.81 bits per heavy atom. The molecule has 4 rings (SSSR count). The van der Waals surface area contributed by atoms with Crippen molar-refractivity contribution in [2.24, 2.45) is 7.05 Å². The molecule has 0 spiro atoms. The number of amides is 1. The number of aromatic nitrogens is 3. The summed E-state index contributed by atoms with van der Waals surface area (Å²) in [5.41, 5.74) is 0.993. The highest BCUT2D eigenvalue weighted by atomic mass is 19.4. The van der Waals surface area contributed by atoms with E-state index in [-0.39, 0.29) is 17.4 Å². The van der Waals surface area contributed by atoms with Gasteiger partial charge >= 0.3 is 6.18 Å². The molecule has 1 amide bonds. The number of likely N-dealkylation sites (tertiary alicyclic amines) is 1. The molecular weight excluding hydrogens is 357 g/mol. The van der Waals surface area contributed by atoms with Crippen molar-refractivity contribution in [3.8, 4) is 0 Å². The maximum Gasteiger partial charge on any atom is 0.416 e. The van der Waals surface area contributed by atoms with E-state index >= 15 is 0 Å². The maximum atomic E-state index is 12.9. The Balaban J connectivity index is 1.56. The molecule has 0 aliphatic carbocycles. The van der Waals surface area contributed by atoms with Gasteiger partial charge in [-0.25, -0.2) is 4.98 Å². The first-order valence-electron chi connectivity index (χ1n) is 8.57. The van der Waals surface area contributed by atoms with Crippen LogP contribution in [0.1, 0.15) is 34.1 Å². The van der Waals surface area contributed by atoms with Crippen molar-refractivity contribution in [2.45, 2.75) is 18.5 Å². The zero-order valence-corrected chi connectivity index (χ0v) is 14.6. The van der Waals surface area contributed by atoms with Gasteiger partial charge in [-0.3, -0.25) is 9.78 Å². The zero-order chi connectivity index (χ0) is 19.2. The molecule has 0 bridgehead atoms. The van der Waals surface area contributed by atoms with Crippen molar-refractivity contribution in [3.63, 3.8) is 0 Å². The lowest BCUT2D eigenvalue weighted by Gasteiger charge is -2.17. The largest absolute Gasteiger partial charge is 0.416 e. The van der Waals surface area contributed by atoms with E-state index in [1.165, 1.54) is 12.1 Å². The van der Waals surface area contributed by atoms with E-state index in [1.54, 1.807) is 17.3 Å². The van der Waals surface area contributed by atoms with Gasteiger partial charge < -0.3 is 9.47 Å². The molecule has 2 aromatic heterocycles. The average Bonchev–Trinajstić information content (AvgIpc) is 3.26. The predicted molar refractivity (Wildman–Crippen MR) is 93.2 cm³/mol.